The topological polar surface area (TPSA) is 50.6 Å². The Bertz CT molecular complexity index is 504. The molecule has 6 heteroatoms. The molecule has 2 heterocycles. The van der Waals surface area contributed by atoms with Crippen LogP contribution in [0.3, 0.4) is 0 Å². The van der Waals surface area contributed by atoms with Crippen molar-refractivity contribution in [2.24, 2.45) is 17.8 Å². The van der Waals surface area contributed by atoms with E-state index in [1.54, 1.807) is 0 Å². The van der Waals surface area contributed by atoms with Crippen LogP contribution >= 0.6 is 0 Å². The molecule has 2 aliphatic rings. The Balaban J connectivity index is 1.39. The molecule has 3 rings (SSSR count). The third-order valence-corrected chi connectivity index (χ3v) is 4.97. The molecule has 3 atom stereocenters. The van der Waals surface area contributed by atoms with Crippen LogP contribution in [0.1, 0.15) is 5.82 Å². The van der Waals surface area contributed by atoms with Crippen LogP contribution in [-0.4, -0.2) is 65.8 Å². The SMILES string of the molecule is COC(=O)N1C[C@@H]2C(CN(C)CCn3ccnc3C)[C@@H]2C1. The van der Waals surface area contributed by atoms with Crippen LogP contribution in [0.5, 0.6) is 0 Å². The lowest BCUT2D eigenvalue weighted by Crippen LogP contribution is -2.33. The molecule has 1 saturated heterocycles. The van der Waals surface area contributed by atoms with Gasteiger partial charge in [-0.3, -0.25) is 0 Å². The molecule has 6 nitrogen and oxygen atoms in total. The number of imidazole rings is 1. The third kappa shape index (κ3) is 2.90. The van der Waals surface area contributed by atoms with Crippen molar-refractivity contribution in [3.63, 3.8) is 0 Å². The molecule has 1 aliphatic carbocycles. The lowest BCUT2D eigenvalue weighted by molar-refractivity contribution is 0.125. The molecule has 116 valence electrons. The van der Waals surface area contributed by atoms with E-state index in [0.29, 0.717) is 11.8 Å². The number of amides is 1. The minimum Gasteiger partial charge on any atom is -0.453 e. The minimum absolute atomic E-state index is 0.176. The van der Waals surface area contributed by atoms with Gasteiger partial charge >= 0.3 is 6.09 Å². The zero-order chi connectivity index (χ0) is 15.0. The molecule has 1 aromatic rings. The Morgan fingerprint density at radius 2 is 2.19 bits per heavy atom. The second kappa shape index (κ2) is 5.67. The van der Waals surface area contributed by atoms with Crippen molar-refractivity contribution < 1.29 is 9.53 Å². The molecule has 1 amide bonds. The van der Waals surface area contributed by atoms with Crippen LogP contribution < -0.4 is 0 Å². The summed E-state index contributed by atoms with van der Waals surface area (Å²) in [5, 5.41) is 0. The number of nitrogens with zero attached hydrogens (tertiary/aromatic N) is 4. The number of carbonyl (C=O) groups is 1. The van der Waals surface area contributed by atoms with Gasteiger partial charge in [-0.25, -0.2) is 9.78 Å². The lowest BCUT2D eigenvalue weighted by atomic mass is 10.2. The maximum absolute atomic E-state index is 11.5. The first-order valence-corrected chi connectivity index (χ1v) is 7.59. The van der Waals surface area contributed by atoms with Gasteiger partial charge in [0.2, 0.25) is 0 Å². The van der Waals surface area contributed by atoms with Gasteiger partial charge in [-0.1, -0.05) is 0 Å². The zero-order valence-electron chi connectivity index (χ0n) is 13.0. The number of rotatable bonds is 5. The van der Waals surface area contributed by atoms with Crippen LogP contribution in [-0.2, 0) is 11.3 Å². The number of hydrogen-bond donors (Lipinski definition) is 0. The normalized spacial score (nSPS) is 27.0. The van der Waals surface area contributed by atoms with E-state index in [2.05, 4.69) is 21.5 Å². The number of aryl methyl sites for hydroxylation is 1. The van der Waals surface area contributed by atoms with Crippen molar-refractivity contribution in [3.8, 4) is 0 Å². The molecular formula is C15H24N4O2. The van der Waals surface area contributed by atoms with Gasteiger partial charge in [0.05, 0.1) is 7.11 Å². The summed E-state index contributed by atoms with van der Waals surface area (Å²) in [6, 6.07) is 0. The summed E-state index contributed by atoms with van der Waals surface area (Å²) < 4.78 is 6.96. The Morgan fingerprint density at radius 1 is 1.48 bits per heavy atom. The number of aromatic nitrogens is 2. The number of likely N-dealkylation sites (tertiary alicyclic amines) is 1. The van der Waals surface area contributed by atoms with Gasteiger partial charge in [0.15, 0.2) is 0 Å². The molecule has 0 bridgehead atoms. The highest BCUT2D eigenvalue weighted by Gasteiger charge is 2.56. The van der Waals surface area contributed by atoms with Crippen molar-refractivity contribution in [1.82, 2.24) is 19.4 Å². The van der Waals surface area contributed by atoms with Crippen molar-refractivity contribution in [2.75, 3.05) is 40.3 Å². The summed E-state index contributed by atoms with van der Waals surface area (Å²) in [5.74, 6) is 3.18. The molecule has 1 unspecified atom stereocenters. The van der Waals surface area contributed by atoms with Crippen LogP contribution in [0.25, 0.3) is 0 Å². The Kier molecular flexibility index (Phi) is 3.89. The van der Waals surface area contributed by atoms with Crippen LogP contribution in [0.2, 0.25) is 0 Å². The van der Waals surface area contributed by atoms with Gasteiger partial charge < -0.3 is 19.1 Å². The van der Waals surface area contributed by atoms with E-state index in [-0.39, 0.29) is 6.09 Å². The van der Waals surface area contributed by atoms with Crippen molar-refractivity contribution in [1.29, 1.82) is 0 Å². The van der Waals surface area contributed by atoms with Crippen molar-refractivity contribution >= 4 is 6.09 Å². The third-order valence-electron chi connectivity index (χ3n) is 4.97. The number of hydrogen-bond acceptors (Lipinski definition) is 4. The average Bonchev–Trinajstić information content (AvgIpc) is 2.87. The second-order valence-corrected chi connectivity index (χ2v) is 6.30. The minimum atomic E-state index is -0.176. The Hall–Kier alpha value is -1.56. The molecule has 0 radical (unpaired) electrons. The molecule has 21 heavy (non-hydrogen) atoms. The van der Waals surface area contributed by atoms with Crippen LogP contribution in [0.15, 0.2) is 12.4 Å². The van der Waals surface area contributed by atoms with Gasteiger partial charge in [-0.15, -0.1) is 0 Å². The van der Waals surface area contributed by atoms with Crippen LogP contribution in [0.4, 0.5) is 4.79 Å². The lowest BCUT2D eigenvalue weighted by Gasteiger charge is -2.21. The number of likely N-dealkylation sites (N-methyl/N-ethyl adjacent to an activating group) is 1. The zero-order valence-corrected chi connectivity index (χ0v) is 13.0. The molecular weight excluding hydrogens is 268 g/mol. The molecule has 0 spiro atoms. The Labute approximate surface area is 125 Å². The van der Waals surface area contributed by atoms with Gasteiger partial charge in [-0.05, 0) is 31.7 Å². The summed E-state index contributed by atoms with van der Waals surface area (Å²) >= 11 is 0. The number of methoxy groups -OCH3 is 1. The summed E-state index contributed by atoms with van der Waals surface area (Å²) in [7, 11) is 3.63. The standard InChI is InChI=1S/C15H24N4O2/c1-11-16-4-5-18(11)7-6-17(2)8-12-13-9-19(10-14(12)13)15(20)21-3/h4-5,12-14H,6-10H2,1-3H3/t12?,13-,14+. The van der Waals surface area contributed by atoms with E-state index in [1.165, 1.54) is 7.11 Å². The smallest absolute Gasteiger partial charge is 0.409 e. The number of ether oxygens (including phenoxy) is 1. The molecule has 0 aromatic carbocycles. The molecule has 1 saturated carbocycles. The van der Waals surface area contributed by atoms with E-state index in [1.807, 2.05) is 24.2 Å². The quantitative estimate of drug-likeness (QED) is 0.814. The van der Waals surface area contributed by atoms with Gasteiger partial charge in [0.25, 0.3) is 0 Å². The summed E-state index contributed by atoms with van der Waals surface area (Å²) in [6.45, 7) is 6.92. The highest BCUT2D eigenvalue weighted by molar-refractivity contribution is 5.68. The maximum atomic E-state index is 11.5. The fourth-order valence-electron chi connectivity index (χ4n) is 3.57. The summed E-state index contributed by atoms with van der Waals surface area (Å²) in [6.07, 6.45) is 3.70. The molecule has 2 fully saturated rings. The summed E-state index contributed by atoms with van der Waals surface area (Å²) in [5.41, 5.74) is 0. The maximum Gasteiger partial charge on any atom is 0.409 e. The average molecular weight is 292 g/mol. The Morgan fingerprint density at radius 3 is 2.76 bits per heavy atom. The predicted molar refractivity (Wildman–Crippen MR) is 78.9 cm³/mol. The van der Waals surface area contributed by atoms with E-state index >= 15 is 0 Å². The van der Waals surface area contributed by atoms with E-state index in [9.17, 15) is 4.79 Å². The van der Waals surface area contributed by atoms with Crippen molar-refractivity contribution in [3.05, 3.63) is 18.2 Å². The van der Waals surface area contributed by atoms with E-state index < -0.39 is 0 Å². The fourth-order valence-corrected chi connectivity index (χ4v) is 3.57. The van der Waals surface area contributed by atoms with E-state index in [0.717, 1.165) is 44.5 Å². The first-order valence-electron chi connectivity index (χ1n) is 7.59. The second-order valence-electron chi connectivity index (χ2n) is 6.30. The highest BCUT2D eigenvalue weighted by Crippen LogP contribution is 2.51. The number of piperidine rings is 1. The van der Waals surface area contributed by atoms with Crippen molar-refractivity contribution in [2.45, 2.75) is 13.5 Å². The van der Waals surface area contributed by atoms with Crippen LogP contribution in [0, 0.1) is 24.7 Å². The molecule has 1 aliphatic heterocycles. The van der Waals surface area contributed by atoms with Gasteiger partial charge in [0.1, 0.15) is 5.82 Å². The first-order chi connectivity index (χ1) is 10.1. The largest absolute Gasteiger partial charge is 0.453 e. The first kappa shape index (κ1) is 14.4. The summed E-state index contributed by atoms with van der Waals surface area (Å²) in [4.78, 5) is 19.9. The van der Waals surface area contributed by atoms with E-state index in [4.69, 9.17) is 4.74 Å². The predicted octanol–water partition coefficient (Wildman–Crippen LogP) is 1.07. The van der Waals surface area contributed by atoms with Gasteiger partial charge in [-0.2, -0.15) is 0 Å². The highest BCUT2D eigenvalue weighted by atomic mass is 16.5. The fraction of sp³-hybridized carbons (Fsp3) is 0.733. The monoisotopic (exact) mass is 292 g/mol. The van der Waals surface area contributed by atoms with Gasteiger partial charge in [0, 0.05) is 45.1 Å². The molecule has 0 N–H and O–H groups in total. The molecule has 1 aromatic heterocycles. The number of carbonyl (C=O) groups excluding carboxylic acids is 1. The number of fused-ring (bicyclic) bond motifs is 1.